The van der Waals surface area contributed by atoms with Crippen LogP contribution >= 0.6 is 0 Å². The fourth-order valence-corrected chi connectivity index (χ4v) is 2.63. The summed E-state index contributed by atoms with van der Waals surface area (Å²) in [6.07, 6.45) is 2.22. The van der Waals surface area contributed by atoms with Gasteiger partial charge in [0, 0.05) is 32.2 Å². The molecule has 2 rings (SSSR count). The summed E-state index contributed by atoms with van der Waals surface area (Å²) in [6, 6.07) is 8.99. The van der Waals surface area contributed by atoms with Gasteiger partial charge in [-0.2, -0.15) is 5.26 Å². The fourth-order valence-electron chi connectivity index (χ4n) is 2.63. The first-order valence-electron chi connectivity index (χ1n) is 6.93. The summed E-state index contributed by atoms with van der Waals surface area (Å²) < 4.78 is 0. The van der Waals surface area contributed by atoms with Crippen LogP contribution in [0.4, 0.5) is 5.69 Å². The molecule has 1 aliphatic heterocycles. The highest BCUT2D eigenvalue weighted by atomic mass is 15.1. The molecular weight excluding hydrogens is 236 g/mol. The quantitative estimate of drug-likeness (QED) is 0.856. The molecule has 0 aromatic heterocycles. The van der Waals surface area contributed by atoms with E-state index < -0.39 is 0 Å². The van der Waals surface area contributed by atoms with Gasteiger partial charge in [-0.25, -0.2) is 0 Å². The second kappa shape index (κ2) is 6.55. The first-order chi connectivity index (χ1) is 9.24. The van der Waals surface area contributed by atoms with Crippen LogP contribution < -0.4 is 16.0 Å². The number of nitrogens with two attached hydrogens (primary N) is 1. The predicted molar refractivity (Wildman–Crippen MR) is 78.2 cm³/mol. The first-order valence-corrected chi connectivity index (χ1v) is 6.93. The fraction of sp³-hybridized carbons (Fsp3) is 0.533. The Labute approximate surface area is 115 Å². The average Bonchev–Trinajstić information content (AvgIpc) is 2.45. The van der Waals surface area contributed by atoms with E-state index in [2.05, 4.69) is 28.4 Å². The zero-order valence-electron chi connectivity index (χ0n) is 11.5. The number of aryl methyl sites for hydroxylation is 1. The Balaban J connectivity index is 2.00. The van der Waals surface area contributed by atoms with Gasteiger partial charge in [0.1, 0.15) is 6.07 Å². The molecule has 1 aliphatic rings. The average molecular weight is 258 g/mol. The summed E-state index contributed by atoms with van der Waals surface area (Å²) in [5.74, 6) is 0. The van der Waals surface area contributed by atoms with Crippen molar-refractivity contribution in [2.24, 2.45) is 5.73 Å². The van der Waals surface area contributed by atoms with E-state index >= 15 is 0 Å². The lowest BCUT2D eigenvalue weighted by atomic mass is 10.0. The van der Waals surface area contributed by atoms with E-state index in [0.29, 0.717) is 12.6 Å². The van der Waals surface area contributed by atoms with E-state index in [4.69, 9.17) is 5.73 Å². The van der Waals surface area contributed by atoms with Crippen molar-refractivity contribution in [3.05, 3.63) is 29.3 Å². The van der Waals surface area contributed by atoms with Crippen LogP contribution in [0.2, 0.25) is 0 Å². The molecule has 4 nitrogen and oxygen atoms in total. The van der Waals surface area contributed by atoms with Crippen molar-refractivity contribution in [1.29, 1.82) is 5.26 Å². The van der Waals surface area contributed by atoms with Gasteiger partial charge in [0.15, 0.2) is 0 Å². The number of piperidine rings is 1. The third kappa shape index (κ3) is 3.46. The summed E-state index contributed by atoms with van der Waals surface area (Å²) in [6.45, 7) is 5.60. The largest absolute Gasteiger partial charge is 0.370 e. The highest BCUT2D eigenvalue weighted by molar-refractivity contribution is 5.60. The maximum absolute atomic E-state index is 9.24. The number of anilines is 1. The molecule has 0 aliphatic carbocycles. The van der Waals surface area contributed by atoms with Crippen LogP contribution in [0.15, 0.2) is 18.2 Å². The Hall–Kier alpha value is -1.57. The molecule has 0 radical (unpaired) electrons. The number of nitrogens with zero attached hydrogens (tertiary/aromatic N) is 2. The van der Waals surface area contributed by atoms with E-state index in [1.54, 1.807) is 0 Å². The molecule has 1 saturated heterocycles. The zero-order chi connectivity index (χ0) is 13.7. The van der Waals surface area contributed by atoms with E-state index in [1.165, 1.54) is 0 Å². The van der Waals surface area contributed by atoms with Crippen molar-refractivity contribution in [2.45, 2.75) is 25.8 Å². The number of hydrogen-bond acceptors (Lipinski definition) is 4. The molecule has 0 atom stereocenters. The molecule has 19 heavy (non-hydrogen) atoms. The normalized spacial score (nSPS) is 16.4. The minimum atomic E-state index is 0.566. The summed E-state index contributed by atoms with van der Waals surface area (Å²) in [4.78, 5) is 2.32. The number of hydrogen-bond donors (Lipinski definition) is 2. The van der Waals surface area contributed by atoms with Gasteiger partial charge in [-0.3, -0.25) is 0 Å². The SMILES string of the molecule is Cc1ccc(N2CCC(NCCN)CC2)c(C#N)c1. The zero-order valence-corrected chi connectivity index (χ0v) is 11.5. The lowest BCUT2D eigenvalue weighted by Gasteiger charge is -2.34. The molecule has 1 fully saturated rings. The minimum Gasteiger partial charge on any atom is -0.370 e. The van der Waals surface area contributed by atoms with Crippen LogP contribution in [0.3, 0.4) is 0 Å². The molecule has 0 unspecified atom stereocenters. The Morgan fingerprint density at radius 1 is 1.42 bits per heavy atom. The lowest BCUT2D eigenvalue weighted by molar-refractivity contribution is 0.419. The molecule has 0 saturated carbocycles. The minimum absolute atomic E-state index is 0.566. The van der Waals surface area contributed by atoms with Gasteiger partial charge >= 0.3 is 0 Å². The van der Waals surface area contributed by atoms with E-state index in [1.807, 2.05) is 13.0 Å². The number of benzene rings is 1. The number of nitrogens with one attached hydrogen (secondary N) is 1. The first kappa shape index (κ1) is 13.9. The van der Waals surface area contributed by atoms with Gasteiger partial charge in [-0.05, 0) is 37.5 Å². The Bertz CT molecular complexity index is 456. The number of nitriles is 1. The van der Waals surface area contributed by atoms with Crippen LogP contribution in [-0.2, 0) is 0 Å². The third-order valence-electron chi connectivity index (χ3n) is 3.69. The second-order valence-electron chi connectivity index (χ2n) is 5.14. The van der Waals surface area contributed by atoms with Crippen molar-refractivity contribution >= 4 is 5.69 Å². The van der Waals surface area contributed by atoms with Gasteiger partial charge in [-0.1, -0.05) is 6.07 Å². The highest BCUT2D eigenvalue weighted by Crippen LogP contribution is 2.24. The molecule has 102 valence electrons. The molecule has 0 bridgehead atoms. The molecule has 1 aromatic carbocycles. The van der Waals surface area contributed by atoms with E-state index in [9.17, 15) is 5.26 Å². The Morgan fingerprint density at radius 3 is 2.79 bits per heavy atom. The highest BCUT2D eigenvalue weighted by Gasteiger charge is 2.20. The molecule has 1 aromatic rings. The van der Waals surface area contributed by atoms with Gasteiger partial charge in [0.25, 0.3) is 0 Å². The van der Waals surface area contributed by atoms with Crippen molar-refractivity contribution in [3.8, 4) is 6.07 Å². The van der Waals surface area contributed by atoms with Crippen LogP contribution in [-0.4, -0.2) is 32.2 Å². The second-order valence-corrected chi connectivity index (χ2v) is 5.14. The van der Waals surface area contributed by atoms with Crippen LogP contribution in [0.25, 0.3) is 0 Å². The van der Waals surface area contributed by atoms with Gasteiger partial charge < -0.3 is 16.0 Å². The molecule has 1 heterocycles. The summed E-state index contributed by atoms with van der Waals surface area (Å²) in [5, 5.41) is 12.7. The van der Waals surface area contributed by atoms with Gasteiger partial charge in [0.05, 0.1) is 11.3 Å². The van der Waals surface area contributed by atoms with E-state index in [0.717, 1.165) is 49.3 Å². The standard InChI is InChI=1S/C15H22N4/c1-12-2-3-15(13(10-12)11-17)19-8-4-14(5-9-19)18-7-6-16/h2-3,10,14,18H,4-9,16H2,1H3. The molecule has 4 heteroatoms. The van der Waals surface area contributed by atoms with Crippen LogP contribution in [0.5, 0.6) is 0 Å². The lowest BCUT2D eigenvalue weighted by Crippen LogP contribution is -2.44. The van der Waals surface area contributed by atoms with Crippen molar-refractivity contribution in [3.63, 3.8) is 0 Å². The monoisotopic (exact) mass is 258 g/mol. The smallest absolute Gasteiger partial charge is 0.101 e. The van der Waals surface area contributed by atoms with E-state index in [-0.39, 0.29) is 0 Å². The van der Waals surface area contributed by atoms with Crippen LogP contribution in [0, 0.1) is 18.3 Å². The third-order valence-corrected chi connectivity index (χ3v) is 3.69. The van der Waals surface area contributed by atoms with Crippen LogP contribution in [0.1, 0.15) is 24.0 Å². The number of rotatable bonds is 4. The summed E-state index contributed by atoms with van der Waals surface area (Å²) in [7, 11) is 0. The van der Waals surface area contributed by atoms with Crippen molar-refractivity contribution in [2.75, 3.05) is 31.1 Å². The maximum atomic E-state index is 9.24. The molecule has 0 spiro atoms. The van der Waals surface area contributed by atoms with Crippen molar-refractivity contribution in [1.82, 2.24) is 5.32 Å². The van der Waals surface area contributed by atoms with Gasteiger partial charge in [-0.15, -0.1) is 0 Å². The van der Waals surface area contributed by atoms with Gasteiger partial charge in [0.2, 0.25) is 0 Å². The summed E-state index contributed by atoms with van der Waals surface area (Å²) in [5.41, 5.74) is 8.51. The topological polar surface area (TPSA) is 65.1 Å². The Kier molecular flexibility index (Phi) is 4.78. The molecule has 0 amide bonds. The molecule has 3 N–H and O–H groups in total. The van der Waals surface area contributed by atoms with Crippen molar-refractivity contribution < 1.29 is 0 Å². The molecular formula is C15H22N4. The maximum Gasteiger partial charge on any atom is 0.101 e. The summed E-state index contributed by atoms with van der Waals surface area (Å²) >= 11 is 0. The predicted octanol–water partition coefficient (Wildman–Crippen LogP) is 1.38. The Morgan fingerprint density at radius 2 is 2.16 bits per heavy atom.